The maximum absolute atomic E-state index is 12.0. The van der Waals surface area contributed by atoms with Gasteiger partial charge in [0.25, 0.3) is 0 Å². The molecule has 1 amide bonds. The minimum atomic E-state index is -4.33. The molecular formula is C9H12F3NO3. The van der Waals surface area contributed by atoms with E-state index < -0.39 is 43.0 Å². The summed E-state index contributed by atoms with van der Waals surface area (Å²) >= 11 is 0. The van der Waals surface area contributed by atoms with E-state index in [1.54, 1.807) is 0 Å². The molecule has 1 rings (SSSR count). The second-order valence-corrected chi connectivity index (χ2v) is 3.84. The predicted molar refractivity (Wildman–Crippen MR) is 47.6 cm³/mol. The number of hydrogen-bond acceptors (Lipinski definition) is 2. The Balaban J connectivity index is 2.61. The van der Waals surface area contributed by atoms with Crippen molar-refractivity contribution in [2.45, 2.75) is 32.0 Å². The largest absolute Gasteiger partial charge is 0.481 e. The molecule has 1 aliphatic heterocycles. The number of halogens is 3. The number of aliphatic carboxylic acids is 1. The third-order valence-electron chi connectivity index (χ3n) is 2.74. The van der Waals surface area contributed by atoms with Crippen molar-refractivity contribution in [3.8, 4) is 0 Å². The standard InChI is InChI=1S/C9H12F3NO3/c1-5-6(8(15)16)4-7(14)13(5)3-2-9(10,11)12/h5-6H,2-4H2,1H3,(H,15,16)/t5-,6+/m1/s1. The van der Waals surface area contributed by atoms with Gasteiger partial charge in [-0.3, -0.25) is 9.59 Å². The molecular weight excluding hydrogens is 227 g/mol. The fourth-order valence-corrected chi connectivity index (χ4v) is 1.79. The van der Waals surface area contributed by atoms with Gasteiger partial charge in [-0.2, -0.15) is 13.2 Å². The first kappa shape index (κ1) is 12.8. The summed E-state index contributed by atoms with van der Waals surface area (Å²) in [5.74, 6) is -2.57. The molecule has 7 heteroatoms. The summed E-state index contributed by atoms with van der Waals surface area (Å²) in [4.78, 5) is 23.0. The topological polar surface area (TPSA) is 57.6 Å². The zero-order valence-electron chi connectivity index (χ0n) is 8.62. The molecule has 0 aromatic heterocycles. The highest BCUT2D eigenvalue weighted by atomic mass is 19.4. The quantitative estimate of drug-likeness (QED) is 0.806. The lowest BCUT2D eigenvalue weighted by atomic mass is 10.0. The predicted octanol–water partition coefficient (Wildman–Crippen LogP) is 1.26. The fourth-order valence-electron chi connectivity index (χ4n) is 1.79. The summed E-state index contributed by atoms with van der Waals surface area (Å²) < 4.78 is 35.9. The SMILES string of the molecule is C[C@@H]1[C@@H](C(=O)O)CC(=O)N1CCC(F)(F)F. The lowest BCUT2D eigenvalue weighted by molar-refractivity contribution is -0.144. The Morgan fingerprint density at radius 2 is 2.12 bits per heavy atom. The van der Waals surface area contributed by atoms with Crippen molar-refractivity contribution in [2.75, 3.05) is 6.54 Å². The normalized spacial score (nSPS) is 26.2. The van der Waals surface area contributed by atoms with Crippen molar-refractivity contribution >= 4 is 11.9 Å². The molecule has 1 heterocycles. The van der Waals surface area contributed by atoms with Crippen molar-refractivity contribution in [3.05, 3.63) is 0 Å². The summed E-state index contributed by atoms with van der Waals surface area (Å²) in [6.45, 7) is 0.993. The Kier molecular flexibility index (Phi) is 3.44. The molecule has 1 N–H and O–H groups in total. The zero-order valence-corrected chi connectivity index (χ0v) is 8.62. The summed E-state index contributed by atoms with van der Waals surface area (Å²) in [5.41, 5.74) is 0. The molecule has 1 fully saturated rings. The van der Waals surface area contributed by atoms with Crippen LogP contribution in [0, 0.1) is 5.92 Å². The van der Waals surface area contributed by atoms with E-state index in [1.807, 2.05) is 0 Å². The van der Waals surface area contributed by atoms with Crippen molar-refractivity contribution in [3.63, 3.8) is 0 Å². The Labute approximate surface area is 90.0 Å². The van der Waals surface area contributed by atoms with Gasteiger partial charge in [0, 0.05) is 19.0 Å². The highest BCUT2D eigenvalue weighted by molar-refractivity contribution is 5.86. The van der Waals surface area contributed by atoms with Crippen LogP contribution in [0.25, 0.3) is 0 Å². The Morgan fingerprint density at radius 3 is 2.50 bits per heavy atom. The molecule has 1 saturated heterocycles. The molecule has 4 nitrogen and oxygen atoms in total. The van der Waals surface area contributed by atoms with E-state index in [4.69, 9.17) is 5.11 Å². The average Bonchev–Trinajstić information content (AvgIpc) is 2.38. The van der Waals surface area contributed by atoms with Gasteiger partial charge in [0.15, 0.2) is 0 Å². The summed E-state index contributed by atoms with van der Waals surface area (Å²) in [6.07, 6.45) is -5.65. The Morgan fingerprint density at radius 1 is 1.56 bits per heavy atom. The number of alkyl halides is 3. The summed E-state index contributed by atoms with van der Waals surface area (Å²) in [6, 6.07) is -0.674. The van der Waals surface area contributed by atoms with Gasteiger partial charge < -0.3 is 10.0 Å². The molecule has 92 valence electrons. The summed E-state index contributed by atoms with van der Waals surface area (Å²) in [7, 11) is 0. The van der Waals surface area contributed by atoms with E-state index >= 15 is 0 Å². The lowest BCUT2D eigenvalue weighted by Gasteiger charge is -2.23. The minimum absolute atomic E-state index is 0.214. The van der Waals surface area contributed by atoms with E-state index in [1.165, 1.54) is 6.92 Å². The first-order valence-corrected chi connectivity index (χ1v) is 4.81. The van der Waals surface area contributed by atoms with Crippen LogP contribution in [0.1, 0.15) is 19.8 Å². The third-order valence-corrected chi connectivity index (χ3v) is 2.74. The van der Waals surface area contributed by atoms with Gasteiger partial charge in [0.1, 0.15) is 0 Å². The van der Waals surface area contributed by atoms with Gasteiger partial charge >= 0.3 is 12.1 Å². The van der Waals surface area contributed by atoms with Crippen LogP contribution in [-0.2, 0) is 9.59 Å². The van der Waals surface area contributed by atoms with Crippen LogP contribution in [0.15, 0.2) is 0 Å². The van der Waals surface area contributed by atoms with E-state index in [0.29, 0.717) is 0 Å². The van der Waals surface area contributed by atoms with Crippen LogP contribution in [0.2, 0.25) is 0 Å². The zero-order chi connectivity index (χ0) is 12.5. The number of carboxylic acids is 1. The molecule has 2 atom stereocenters. The average molecular weight is 239 g/mol. The highest BCUT2D eigenvalue weighted by Gasteiger charge is 2.42. The molecule has 0 aromatic rings. The molecule has 0 aliphatic carbocycles. The number of carboxylic acid groups (broad SMARTS) is 1. The monoisotopic (exact) mass is 239 g/mol. The van der Waals surface area contributed by atoms with Crippen LogP contribution in [0.4, 0.5) is 13.2 Å². The van der Waals surface area contributed by atoms with Crippen molar-refractivity contribution in [1.29, 1.82) is 0 Å². The molecule has 16 heavy (non-hydrogen) atoms. The van der Waals surface area contributed by atoms with Crippen LogP contribution in [-0.4, -0.2) is 40.6 Å². The van der Waals surface area contributed by atoms with Crippen LogP contribution < -0.4 is 0 Å². The van der Waals surface area contributed by atoms with Gasteiger partial charge in [0.2, 0.25) is 5.91 Å². The molecule has 0 bridgehead atoms. The number of likely N-dealkylation sites (tertiary alicyclic amines) is 1. The van der Waals surface area contributed by atoms with Crippen molar-refractivity contribution < 1.29 is 27.9 Å². The van der Waals surface area contributed by atoms with E-state index in [0.717, 1.165) is 4.90 Å². The molecule has 0 spiro atoms. The first-order valence-electron chi connectivity index (χ1n) is 4.81. The minimum Gasteiger partial charge on any atom is -0.481 e. The van der Waals surface area contributed by atoms with Gasteiger partial charge in [-0.05, 0) is 6.92 Å². The number of carbonyl (C=O) groups excluding carboxylic acids is 1. The number of carbonyl (C=O) groups is 2. The highest BCUT2D eigenvalue weighted by Crippen LogP contribution is 2.28. The molecule has 0 aromatic carbocycles. The van der Waals surface area contributed by atoms with Crippen LogP contribution in [0.3, 0.4) is 0 Å². The lowest BCUT2D eigenvalue weighted by Crippen LogP contribution is -2.37. The van der Waals surface area contributed by atoms with Gasteiger partial charge in [-0.1, -0.05) is 0 Å². The molecule has 0 radical (unpaired) electrons. The first-order chi connectivity index (χ1) is 7.22. The second-order valence-electron chi connectivity index (χ2n) is 3.84. The van der Waals surface area contributed by atoms with Gasteiger partial charge in [-0.25, -0.2) is 0 Å². The second kappa shape index (κ2) is 4.31. The van der Waals surface area contributed by atoms with Crippen LogP contribution in [0.5, 0.6) is 0 Å². The Hall–Kier alpha value is -1.27. The number of rotatable bonds is 3. The summed E-state index contributed by atoms with van der Waals surface area (Å²) in [5, 5.41) is 8.75. The maximum atomic E-state index is 12.0. The molecule has 1 aliphatic rings. The maximum Gasteiger partial charge on any atom is 0.390 e. The van der Waals surface area contributed by atoms with E-state index in [9.17, 15) is 22.8 Å². The van der Waals surface area contributed by atoms with Crippen LogP contribution >= 0.6 is 0 Å². The molecule has 0 unspecified atom stereocenters. The van der Waals surface area contributed by atoms with E-state index in [-0.39, 0.29) is 6.42 Å². The number of nitrogens with zero attached hydrogens (tertiary/aromatic N) is 1. The Bertz CT molecular complexity index is 303. The van der Waals surface area contributed by atoms with Crippen molar-refractivity contribution in [2.24, 2.45) is 5.92 Å². The third kappa shape index (κ3) is 2.86. The van der Waals surface area contributed by atoms with Gasteiger partial charge in [-0.15, -0.1) is 0 Å². The number of amides is 1. The fraction of sp³-hybridized carbons (Fsp3) is 0.778. The van der Waals surface area contributed by atoms with E-state index in [2.05, 4.69) is 0 Å². The molecule has 0 saturated carbocycles. The number of hydrogen-bond donors (Lipinski definition) is 1. The van der Waals surface area contributed by atoms with Gasteiger partial charge in [0.05, 0.1) is 12.3 Å². The smallest absolute Gasteiger partial charge is 0.390 e. The van der Waals surface area contributed by atoms with Crippen molar-refractivity contribution in [1.82, 2.24) is 4.90 Å².